The highest BCUT2D eigenvalue weighted by molar-refractivity contribution is 5.94. The Bertz CT molecular complexity index is 865. The summed E-state index contributed by atoms with van der Waals surface area (Å²) >= 11 is 0. The highest BCUT2D eigenvalue weighted by Gasteiger charge is 2.29. The fraction of sp³-hybridized carbons (Fsp3) is 0.409. The molecule has 0 aliphatic carbocycles. The number of ketones is 1. The lowest BCUT2D eigenvalue weighted by molar-refractivity contribution is -0.124. The molecule has 1 aromatic carbocycles. The van der Waals surface area contributed by atoms with E-state index in [1.807, 2.05) is 13.8 Å². The summed E-state index contributed by atoms with van der Waals surface area (Å²) in [6.45, 7) is 5.10. The Labute approximate surface area is 163 Å². The molecule has 0 bridgehead atoms. The first-order valence-corrected chi connectivity index (χ1v) is 9.58. The molecule has 0 saturated carbocycles. The van der Waals surface area contributed by atoms with Gasteiger partial charge in [0.1, 0.15) is 5.78 Å². The van der Waals surface area contributed by atoms with Gasteiger partial charge in [-0.1, -0.05) is 13.8 Å². The fourth-order valence-electron chi connectivity index (χ4n) is 3.52. The molecule has 1 saturated heterocycles. The maximum absolute atomic E-state index is 13.4. The minimum Gasteiger partial charge on any atom is -0.338 e. The van der Waals surface area contributed by atoms with Crippen LogP contribution >= 0.6 is 0 Å². The van der Waals surface area contributed by atoms with Crippen LogP contribution < -0.4 is 0 Å². The van der Waals surface area contributed by atoms with E-state index < -0.39 is 11.6 Å². The number of piperidine rings is 1. The number of hydrogen-bond acceptors (Lipinski definition) is 3. The van der Waals surface area contributed by atoms with E-state index in [1.54, 1.807) is 17.0 Å². The molecule has 1 fully saturated rings. The molecule has 28 heavy (non-hydrogen) atoms. The van der Waals surface area contributed by atoms with Gasteiger partial charge in [0.2, 0.25) is 0 Å². The zero-order valence-corrected chi connectivity index (χ0v) is 16.1. The van der Waals surface area contributed by atoms with Crippen molar-refractivity contribution in [3.63, 3.8) is 0 Å². The molecule has 6 heteroatoms. The molecule has 148 valence electrons. The van der Waals surface area contributed by atoms with Gasteiger partial charge in [0.15, 0.2) is 11.6 Å². The first-order valence-electron chi connectivity index (χ1n) is 9.58. The van der Waals surface area contributed by atoms with Crippen LogP contribution in [0.3, 0.4) is 0 Å². The van der Waals surface area contributed by atoms with Crippen LogP contribution in [0, 0.1) is 23.5 Å². The third kappa shape index (κ3) is 4.61. The zero-order valence-electron chi connectivity index (χ0n) is 16.1. The number of likely N-dealkylation sites (tertiary alicyclic amines) is 1. The summed E-state index contributed by atoms with van der Waals surface area (Å²) in [5.41, 5.74) is 1.32. The van der Waals surface area contributed by atoms with E-state index in [1.165, 1.54) is 12.3 Å². The summed E-state index contributed by atoms with van der Waals surface area (Å²) in [6.07, 6.45) is 3.61. The van der Waals surface area contributed by atoms with Crippen molar-refractivity contribution in [1.82, 2.24) is 9.88 Å². The Kier molecular flexibility index (Phi) is 6.17. The van der Waals surface area contributed by atoms with E-state index >= 15 is 0 Å². The average molecular weight is 386 g/mol. The van der Waals surface area contributed by atoms with Crippen LogP contribution in [0.2, 0.25) is 0 Å². The van der Waals surface area contributed by atoms with Crippen LogP contribution in [-0.4, -0.2) is 34.7 Å². The highest BCUT2D eigenvalue weighted by atomic mass is 19.2. The Balaban J connectivity index is 1.70. The van der Waals surface area contributed by atoms with Gasteiger partial charge in [0, 0.05) is 37.2 Å². The van der Waals surface area contributed by atoms with Gasteiger partial charge in [0.05, 0.1) is 11.3 Å². The van der Waals surface area contributed by atoms with E-state index in [0.29, 0.717) is 42.2 Å². The summed E-state index contributed by atoms with van der Waals surface area (Å²) in [5.74, 6) is -1.58. The van der Waals surface area contributed by atoms with Gasteiger partial charge < -0.3 is 4.90 Å². The Morgan fingerprint density at radius 3 is 2.61 bits per heavy atom. The summed E-state index contributed by atoms with van der Waals surface area (Å²) in [6, 6.07) is 6.82. The molecule has 3 rings (SSSR count). The highest BCUT2D eigenvalue weighted by Crippen LogP contribution is 2.23. The van der Waals surface area contributed by atoms with Gasteiger partial charge in [-0.15, -0.1) is 0 Å². The largest absolute Gasteiger partial charge is 0.338 e. The van der Waals surface area contributed by atoms with E-state index in [4.69, 9.17) is 0 Å². The van der Waals surface area contributed by atoms with Crippen LogP contribution in [0.15, 0.2) is 36.5 Å². The van der Waals surface area contributed by atoms with Crippen molar-refractivity contribution in [2.75, 3.05) is 13.1 Å². The van der Waals surface area contributed by atoms with Crippen LogP contribution in [0.4, 0.5) is 8.78 Å². The van der Waals surface area contributed by atoms with E-state index in [2.05, 4.69) is 4.98 Å². The van der Waals surface area contributed by atoms with Crippen molar-refractivity contribution >= 4 is 11.7 Å². The number of halogens is 2. The van der Waals surface area contributed by atoms with Crippen LogP contribution in [0.5, 0.6) is 0 Å². The minimum atomic E-state index is -0.940. The molecule has 0 spiro atoms. The topological polar surface area (TPSA) is 50.3 Å². The van der Waals surface area contributed by atoms with Crippen molar-refractivity contribution in [2.45, 2.75) is 33.1 Å². The third-order valence-corrected chi connectivity index (χ3v) is 5.00. The molecule has 1 atom stereocenters. The molecule has 1 aliphatic heterocycles. The minimum absolute atomic E-state index is 0.102. The Morgan fingerprint density at radius 2 is 1.96 bits per heavy atom. The molecule has 0 radical (unpaired) electrons. The number of pyridine rings is 1. The normalized spacial score (nSPS) is 17.0. The molecule has 1 unspecified atom stereocenters. The van der Waals surface area contributed by atoms with Gasteiger partial charge in [-0.3, -0.25) is 14.6 Å². The van der Waals surface area contributed by atoms with Crippen LogP contribution in [-0.2, 0) is 4.79 Å². The van der Waals surface area contributed by atoms with E-state index in [9.17, 15) is 18.4 Å². The first-order chi connectivity index (χ1) is 13.3. The SMILES string of the molecule is CC(C)CC(=O)C1CCCN(C(=O)c2ccc(-c3ccc(F)c(F)c3)nc2)C1. The molecular formula is C22H24F2N2O2. The van der Waals surface area contributed by atoms with E-state index in [0.717, 1.165) is 25.0 Å². The van der Waals surface area contributed by atoms with Crippen LogP contribution in [0.1, 0.15) is 43.5 Å². The standard InChI is InChI=1S/C22H24F2N2O2/c1-14(2)10-21(27)17-4-3-9-26(13-17)22(28)16-6-8-20(25-12-16)15-5-7-18(23)19(24)11-15/h5-8,11-12,14,17H,3-4,9-10,13H2,1-2H3. The maximum atomic E-state index is 13.4. The molecule has 1 amide bonds. The maximum Gasteiger partial charge on any atom is 0.255 e. The monoisotopic (exact) mass is 386 g/mol. The smallest absolute Gasteiger partial charge is 0.255 e. The third-order valence-electron chi connectivity index (χ3n) is 5.00. The van der Waals surface area contributed by atoms with E-state index in [-0.39, 0.29) is 17.6 Å². The van der Waals surface area contributed by atoms with Crippen LogP contribution in [0.25, 0.3) is 11.3 Å². The molecule has 1 aliphatic rings. The molecule has 2 aromatic rings. The summed E-state index contributed by atoms with van der Waals surface area (Å²) in [5, 5.41) is 0. The number of carbonyl (C=O) groups excluding carboxylic acids is 2. The molecule has 2 heterocycles. The second-order valence-electron chi connectivity index (χ2n) is 7.72. The summed E-state index contributed by atoms with van der Waals surface area (Å²) in [7, 11) is 0. The number of carbonyl (C=O) groups is 2. The fourth-order valence-corrected chi connectivity index (χ4v) is 3.52. The Hall–Kier alpha value is -2.63. The second-order valence-corrected chi connectivity index (χ2v) is 7.72. The number of hydrogen-bond donors (Lipinski definition) is 0. The van der Waals surface area contributed by atoms with Gasteiger partial charge in [-0.25, -0.2) is 8.78 Å². The van der Waals surface area contributed by atoms with Gasteiger partial charge in [-0.05, 0) is 49.1 Å². The number of benzene rings is 1. The first kappa shape index (κ1) is 20.1. The summed E-state index contributed by atoms with van der Waals surface area (Å²) < 4.78 is 26.5. The van der Waals surface area contributed by atoms with Crippen molar-refractivity contribution in [1.29, 1.82) is 0 Å². The lowest BCUT2D eigenvalue weighted by Gasteiger charge is -2.32. The second kappa shape index (κ2) is 8.59. The number of nitrogens with zero attached hydrogens (tertiary/aromatic N) is 2. The molecule has 4 nitrogen and oxygen atoms in total. The van der Waals surface area contributed by atoms with Crippen molar-refractivity contribution < 1.29 is 18.4 Å². The predicted octanol–water partition coefficient (Wildman–Crippen LogP) is 4.49. The van der Waals surface area contributed by atoms with Crippen molar-refractivity contribution in [3.8, 4) is 11.3 Å². The Morgan fingerprint density at radius 1 is 1.18 bits per heavy atom. The van der Waals surface area contributed by atoms with Crippen molar-refractivity contribution in [2.24, 2.45) is 11.8 Å². The quantitative estimate of drug-likeness (QED) is 0.761. The number of rotatable bonds is 5. The van der Waals surface area contributed by atoms with Gasteiger partial charge in [0.25, 0.3) is 5.91 Å². The van der Waals surface area contributed by atoms with Gasteiger partial charge >= 0.3 is 0 Å². The van der Waals surface area contributed by atoms with Crippen molar-refractivity contribution in [3.05, 3.63) is 53.7 Å². The number of aromatic nitrogens is 1. The number of amides is 1. The summed E-state index contributed by atoms with van der Waals surface area (Å²) in [4.78, 5) is 31.1. The lowest BCUT2D eigenvalue weighted by atomic mass is 9.89. The number of Topliss-reactive ketones (excluding diaryl/α,β-unsaturated/α-hetero) is 1. The van der Waals surface area contributed by atoms with Gasteiger partial charge in [-0.2, -0.15) is 0 Å². The average Bonchev–Trinajstić information content (AvgIpc) is 2.69. The lowest BCUT2D eigenvalue weighted by Crippen LogP contribution is -2.42. The molecule has 0 N–H and O–H groups in total. The predicted molar refractivity (Wildman–Crippen MR) is 103 cm³/mol. The molecule has 1 aromatic heterocycles. The zero-order chi connectivity index (χ0) is 20.3. The molecular weight excluding hydrogens is 362 g/mol.